The molecule has 0 amide bonds. The number of esters is 4. The maximum absolute atomic E-state index is 13.0. The van der Waals surface area contributed by atoms with E-state index in [1.54, 1.807) is 0 Å². The van der Waals surface area contributed by atoms with Crippen LogP contribution in [0.2, 0.25) is 0 Å². The SMILES string of the molecule is CCCCCCCCCCCC(=O)OC[C@H](COP(=O)(O)OC[C@H](O)COP(=O)(O)OC[C@@H](COC(=O)CCCCCCCCCCCC(C)C)OC(=O)CCCCCCCCCCCCCCCCCC(C)C)OC(=O)CCCCCCCCCCCC(C)C. The fourth-order valence-electron chi connectivity index (χ4n) is 10.9. The van der Waals surface area contributed by atoms with Crippen LogP contribution < -0.4 is 0 Å². The molecule has 0 aromatic carbocycles. The van der Waals surface area contributed by atoms with Crippen LogP contribution in [-0.2, 0) is 65.4 Å². The zero-order valence-corrected chi connectivity index (χ0v) is 61.1. The van der Waals surface area contributed by atoms with E-state index in [2.05, 4.69) is 48.5 Å². The van der Waals surface area contributed by atoms with E-state index in [1.165, 1.54) is 173 Å². The second kappa shape index (κ2) is 62.8. The molecule has 0 fully saturated rings. The van der Waals surface area contributed by atoms with Gasteiger partial charge in [0.1, 0.15) is 19.3 Å². The molecule has 2 unspecified atom stereocenters. The van der Waals surface area contributed by atoms with Crippen molar-refractivity contribution in [2.24, 2.45) is 17.8 Å². The minimum Gasteiger partial charge on any atom is -0.462 e. The lowest BCUT2D eigenvalue weighted by Gasteiger charge is -2.21. The summed E-state index contributed by atoms with van der Waals surface area (Å²) in [7, 11) is -9.90. The van der Waals surface area contributed by atoms with Crippen LogP contribution in [0, 0.1) is 17.8 Å². The van der Waals surface area contributed by atoms with Gasteiger partial charge < -0.3 is 33.8 Å². The fraction of sp³-hybridized carbons (Fsp3) is 0.944. The number of phosphoric acid groups is 2. The minimum absolute atomic E-state index is 0.105. The van der Waals surface area contributed by atoms with Crippen LogP contribution in [0.3, 0.4) is 0 Å². The van der Waals surface area contributed by atoms with Gasteiger partial charge in [-0.05, 0) is 43.4 Å². The van der Waals surface area contributed by atoms with Gasteiger partial charge in [-0.15, -0.1) is 0 Å². The number of ether oxygens (including phenoxy) is 4. The van der Waals surface area contributed by atoms with Gasteiger partial charge in [0, 0.05) is 25.7 Å². The highest BCUT2D eigenvalue weighted by molar-refractivity contribution is 7.47. The molecule has 0 spiro atoms. The van der Waals surface area contributed by atoms with Crippen LogP contribution in [-0.4, -0.2) is 96.7 Å². The molecular formula is C72H140O17P2. The molecule has 0 heterocycles. The number of carbonyl (C=O) groups excluding carboxylic acids is 4. The van der Waals surface area contributed by atoms with Gasteiger partial charge in [0.15, 0.2) is 12.2 Å². The maximum atomic E-state index is 13.0. The first-order valence-corrected chi connectivity index (χ1v) is 40.3. The van der Waals surface area contributed by atoms with E-state index in [1.807, 2.05) is 0 Å². The Balaban J connectivity index is 5.22. The fourth-order valence-corrected chi connectivity index (χ4v) is 12.5. The molecular weight excluding hydrogens is 1200 g/mol. The van der Waals surface area contributed by atoms with Crippen molar-refractivity contribution in [3.8, 4) is 0 Å². The van der Waals surface area contributed by atoms with Crippen molar-refractivity contribution in [1.29, 1.82) is 0 Å². The summed E-state index contributed by atoms with van der Waals surface area (Å²) in [5.41, 5.74) is 0. The Hall–Kier alpha value is -1.94. The quantitative estimate of drug-likeness (QED) is 0.0222. The van der Waals surface area contributed by atoms with Crippen molar-refractivity contribution in [3.05, 3.63) is 0 Å². The number of unbranched alkanes of at least 4 members (excludes halogenated alkanes) is 38. The van der Waals surface area contributed by atoms with Crippen LogP contribution in [0.15, 0.2) is 0 Å². The van der Waals surface area contributed by atoms with Gasteiger partial charge in [0.05, 0.1) is 26.4 Å². The van der Waals surface area contributed by atoms with Gasteiger partial charge >= 0.3 is 39.5 Å². The Bertz CT molecular complexity index is 1780. The molecule has 540 valence electrons. The number of aliphatic hydroxyl groups excluding tert-OH is 1. The Morgan fingerprint density at radius 1 is 0.297 bits per heavy atom. The molecule has 0 aromatic heterocycles. The molecule has 3 N–H and O–H groups in total. The molecule has 0 radical (unpaired) electrons. The lowest BCUT2D eigenvalue weighted by molar-refractivity contribution is -0.161. The van der Waals surface area contributed by atoms with Crippen molar-refractivity contribution in [1.82, 2.24) is 0 Å². The first-order chi connectivity index (χ1) is 43.7. The number of carbonyl (C=O) groups is 4. The second-order valence-electron chi connectivity index (χ2n) is 27.4. The van der Waals surface area contributed by atoms with Crippen LogP contribution in [0.1, 0.15) is 363 Å². The normalized spacial score (nSPS) is 14.2. The van der Waals surface area contributed by atoms with Crippen molar-refractivity contribution in [3.63, 3.8) is 0 Å². The van der Waals surface area contributed by atoms with E-state index in [0.29, 0.717) is 25.7 Å². The molecule has 91 heavy (non-hydrogen) atoms. The predicted octanol–water partition coefficient (Wildman–Crippen LogP) is 20.6. The number of hydrogen-bond donors (Lipinski definition) is 3. The lowest BCUT2D eigenvalue weighted by Crippen LogP contribution is -2.30. The molecule has 0 aliphatic rings. The summed E-state index contributed by atoms with van der Waals surface area (Å²) in [6.07, 6.45) is 47.2. The maximum Gasteiger partial charge on any atom is 0.472 e. The van der Waals surface area contributed by atoms with E-state index < -0.39 is 97.5 Å². The summed E-state index contributed by atoms with van der Waals surface area (Å²) in [5, 5.41) is 10.6. The topological polar surface area (TPSA) is 237 Å². The van der Waals surface area contributed by atoms with E-state index in [9.17, 15) is 43.2 Å². The summed E-state index contributed by atoms with van der Waals surface area (Å²) in [4.78, 5) is 72.6. The third-order valence-corrected chi connectivity index (χ3v) is 18.5. The Kier molecular flexibility index (Phi) is 61.5. The van der Waals surface area contributed by atoms with E-state index in [0.717, 1.165) is 108 Å². The van der Waals surface area contributed by atoms with Crippen molar-refractivity contribution < 1.29 is 80.2 Å². The monoisotopic (exact) mass is 1340 g/mol. The van der Waals surface area contributed by atoms with E-state index in [4.69, 9.17) is 37.0 Å². The zero-order valence-electron chi connectivity index (χ0n) is 59.3. The number of aliphatic hydroxyl groups is 1. The number of phosphoric ester groups is 2. The Morgan fingerprint density at radius 2 is 0.505 bits per heavy atom. The van der Waals surface area contributed by atoms with Crippen molar-refractivity contribution in [2.75, 3.05) is 39.6 Å². The second-order valence-corrected chi connectivity index (χ2v) is 30.3. The van der Waals surface area contributed by atoms with Gasteiger partial charge in [-0.3, -0.25) is 37.3 Å². The van der Waals surface area contributed by atoms with Crippen LogP contribution in [0.25, 0.3) is 0 Å². The molecule has 5 atom stereocenters. The standard InChI is InChI=1S/C72H140O17P2/c1-8-9-10-11-12-22-32-39-46-53-69(74)82-59-67(89-72(77)56-49-42-35-28-21-25-31-38-45-52-65(6)7)61-86-90(78,79)84-57-66(73)58-85-91(80,81)87-62-68(60-83-70(75)54-47-40-33-27-20-24-30-37-44-51-64(4)5)88-71(76)55-48-41-34-26-19-17-15-13-14-16-18-23-29-36-43-50-63(2)3/h63-68,73H,8-62H2,1-7H3,(H,78,79)(H,80,81)/t66-,67+,68+/m0/s1. The Morgan fingerprint density at radius 3 is 0.747 bits per heavy atom. The molecule has 0 aromatic rings. The number of rotatable bonds is 70. The average Bonchev–Trinajstić information content (AvgIpc) is 3.13. The molecule has 0 saturated carbocycles. The summed E-state index contributed by atoms with van der Waals surface area (Å²) in [6, 6.07) is 0. The zero-order chi connectivity index (χ0) is 67.3. The molecule has 0 rings (SSSR count). The third kappa shape index (κ3) is 66.5. The summed E-state index contributed by atoms with van der Waals surface area (Å²) < 4.78 is 68.3. The van der Waals surface area contributed by atoms with Crippen molar-refractivity contribution in [2.45, 2.75) is 381 Å². The molecule has 0 saturated heterocycles. The van der Waals surface area contributed by atoms with Crippen LogP contribution in [0.4, 0.5) is 0 Å². The van der Waals surface area contributed by atoms with Gasteiger partial charge in [0.25, 0.3) is 0 Å². The van der Waals surface area contributed by atoms with E-state index in [-0.39, 0.29) is 25.7 Å². The van der Waals surface area contributed by atoms with Gasteiger partial charge in [0.2, 0.25) is 0 Å². The number of hydrogen-bond acceptors (Lipinski definition) is 15. The molecule has 0 aliphatic heterocycles. The molecule has 19 heteroatoms. The van der Waals surface area contributed by atoms with E-state index >= 15 is 0 Å². The summed E-state index contributed by atoms with van der Waals surface area (Å²) in [6.45, 7) is 11.8. The summed E-state index contributed by atoms with van der Waals surface area (Å²) >= 11 is 0. The third-order valence-electron chi connectivity index (χ3n) is 16.6. The predicted molar refractivity (Wildman–Crippen MR) is 368 cm³/mol. The largest absolute Gasteiger partial charge is 0.472 e. The summed E-state index contributed by atoms with van der Waals surface area (Å²) in [5.74, 6) is 0.158. The molecule has 0 aliphatic carbocycles. The Labute approximate surface area is 556 Å². The highest BCUT2D eigenvalue weighted by Gasteiger charge is 2.30. The highest BCUT2D eigenvalue weighted by atomic mass is 31.2. The van der Waals surface area contributed by atoms with Crippen molar-refractivity contribution >= 4 is 39.5 Å². The van der Waals surface area contributed by atoms with Gasteiger partial charge in [-0.2, -0.15) is 0 Å². The van der Waals surface area contributed by atoms with Gasteiger partial charge in [-0.1, -0.05) is 312 Å². The van der Waals surface area contributed by atoms with Gasteiger partial charge in [-0.25, -0.2) is 9.13 Å². The highest BCUT2D eigenvalue weighted by Crippen LogP contribution is 2.45. The first-order valence-electron chi connectivity index (χ1n) is 37.3. The smallest absolute Gasteiger partial charge is 0.462 e. The first kappa shape index (κ1) is 89.1. The average molecular weight is 1340 g/mol. The lowest BCUT2D eigenvalue weighted by atomic mass is 10.0. The molecule has 17 nitrogen and oxygen atoms in total. The van der Waals surface area contributed by atoms with Crippen LogP contribution >= 0.6 is 15.6 Å². The minimum atomic E-state index is -4.95. The van der Waals surface area contributed by atoms with Crippen LogP contribution in [0.5, 0.6) is 0 Å². The molecule has 0 bridgehead atoms.